The van der Waals surface area contributed by atoms with E-state index in [1.165, 1.54) is 71.1 Å². The Hall–Kier alpha value is -0.120. The third-order valence-electron chi connectivity index (χ3n) is 5.10. The van der Waals surface area contributed by atoms with Crippen LogP contribution in [0.15, 0.2) is 0 Å². The smallest absolute Gasteiger partial charge is 0.0588 e. The first kappa shape index (κ1) is 12.9. The second-order valence-corrected chi connectivity index (χ2v) is 6.26. The molecule has 3 aliphatic heterocycles. The van der Waals surface area contributed by atoms with Gasteiger partial charge in [0.1, 0.15) is 0 Å². The fraction of sp³-hybridized carbons (Fsp3) is 1.00. The molecule has 1 N–H and O–H groups in total. The van der Waals surface area contributed by atoms with Crippen molar-refractivity contribution in [3.63, 3.8) is 0 Å². The van der Waals surface area contributed by atoms with Gasteiger partial charge in [-0.1, -0.05) is 0 Å². The minimum atomic E-state index is 0.569. The van der Waals surface area contributed by atoms with Gasteiger partial charge in [-0.05, 0) is 70.5 Å². The van der Waals surface area contributed by atoms with Gasteiger partial charge < -0.3 is 15.0 Å². The molecule has 3 nitrogen and oxygen atoms in total. The summed E-state index contributed by atoms with van der Waals surface area (Å²) in [5.41, 5.74) is 0. The van der Waals surface area contributed by atoms with Crippen molar-refractivity contribution in [2.24, 2.45) is 5.92 Å². The normalized spacial score (nSPS) is 35.3. The minimum Gasteiger partial charge on any atom is -0.378 e. The number of nitrogens with zero attached hydrogens (tertiary/aromatic N) is 1. The molecule has 0 saturated carbocycles. The molecule has 2 atom stereocenters. The van der Waals surface area contributed by atoms with E-state index in [2.05, 4.69) is 10.2 Å². The Kier molecular flexibility index (Phi) is 4.55. The van der Waals surface area contributed by atoms with Gasteiger partial charge in [-0.3, -0.25) is 0 Å². The highest BCUT2D eigenvalue weighted by molar-refractivity contribution is 4.87. The molecule has 0 aromatic rings. The van der Waals surface area contributed by atoms with Gasteiger partial charge in [0.15, 0.2) is 0 Å². The first-order valence-electron chi connectivity index (χ1n) is 8.00. The summed E-state index contributed by atoms with van der Waals surface area (Å²) >= 11 is 0. The summed E-state index contributed by atoms with van der Waals surface area (Å²) in [7, 11) is 0. The molecule has 0 amide bonds. The molecule has 3 fully saturated rings. The van der Waals surface area contributed by atoms with Gasteiger partial charge in [-0.2, -0.15) is 0 Å². The lowest BCUT2D eigenvalue weighted by Crippen LogP contribution is -2.42. The van der Waals surface area contributed by atoms with Gasteiger partial charge >= 0.3 is 0 Å². The Morgan fingerprint density at radius 3 is 2.72 bits per heavy atom. The van der Waals surface area contributed by atoms with Crippen LogP contribution in [0.5, 0.6) is 0 Å². The van der Waals surface area contributed by atoms with Crippen LogP contribution in [0.2, 0.25) is 0 Å². The summed E-state index contributed by atoms with van der Waals surface area (Å²) in [6.07, 6.45) is 10.0. The van der Waals surface area contributed by atoms with E-state index in [0.717, 1.165) is 18.6 Å². The summed E-state index contributed by atoms with van der Waals surface area (Å²) in [6.45, 7) is 6.09. The van der Waals surface area contributed by atoms with E-state index in [1.54, 1.807) is 0 Å². The fourth-order valence-electron chi connectivity index (χ4n) is 4.07. The van der Waals surface area contributed by atoms with Crippen LogP contribution in [-0.2, 0) is 4.74 Å². The van der Waals surface area contributed by atoms with E-state index in [4.69, 9.17) is 4.74 Å². The average Bonchev–Trinajstić information content (AvgIpc) is 3.09. The third kappa shape index (κ3) is 3.06. The summed E-state index contributed by atoms with van der Waals surface area (Å²) in [4.78, 5) is 2.78. The number of nitrogens with one attached hydrogen (secondary N) is 1. The lowest BCUT2D eigenvalue weighted by Gasteiger charge is -2.34. The molecule has 0 radical (unpaired) electrons. The van der Waals surface area contributed by atoms with Crippen LogP contribution in [0, 0.1) is 5.92 Å². The van der Waals surface area contributed by atoms with Crippen LogP contribution in [0.4, 0.5) is 0 Å². The molecule has 0 spiro atoms. The SMILES string of the molecule is C1COC(CCN2CCCC2C2CCNCC2)C1. The molecule has 18 heavy (non-hydrogen) atoms. The van der Waals surface area contributed by atoms with Crippen LogP contribution < -0.4 is 5.32 Å². The molecule has 3 saturated heterocycles. The summed E-state index contributed by atoms with van der Waals surface area (Å²) in [6, 6.07) is 0.883. The lowest BCUT2D eigenvalue weighted by atomic mass is 9.88. The molecule has 3 rings (SSSR count). The number of hydrogen-bond donors (Lipinski definition) is 1. The number of rotatable bonds is 4. The van der Waals surface area contributed by atoms with E-state index in [1.807, 2.05) is 0 Å². The largest absolute Gasteiger partial charge is 0.378 e. The Morgan fingerprint density at radius 1 is 1.06 bits per heavy atom. The van der Waals surface area contributed by atoms with Gasteiger partial charge in [0.25, 0.3) is 0 Å². The maximum atomic E-state index is 5.76. The van der Waals surface area contributed by atoms with Crippen LogP contribution in [0.3, 0.4) is 0 Å². The summed E-state index contributed by atoms with van der Waals surface area (Å²) in [5, 5.41) is 3.49. The Morgan fingerprint density at radius 2 is 1.94 bits per heavy atom. The Balaban J connectivity index is 1.47. The molecule has 3 heterocycles. The van der Waals surface area contributed by atoms with Crippen molar-refractivity contribution in [1.82, 2.24) is 10.2 Å². The van der Waals surface area contributed by atoms with Crippen molar-refractivity contribution in [3.05, 3.63) is 0 Å². The molecule has 3 aliphatic rings. The van der Waals surface area contributed by atoms with E-state index in [-0.39, 0.29) is 0 Å². The topological polar surface area (TPSA) is 24.5 Å². The van der Waals surface area contributed by atoms with E-state index in [0.29, 0.717) is 6.10 Å². The molecule has 0 aromatic heterocycles. The van der Waals surface area contributed by atoms with Gasteiger partial charge in [0.2, 0.25) is 0 Å². The van der Waals surface area contributed by atoms with Gasteiger partial charge in [0, 0.05) is 19.2 Å². The van der Waals surface area contributed by atoms with Crippen LogP contribution in [0.1, 0.15) is 44.9 Å². The second-order valence-electron chi connectivity index (χ2n) is 6.26. The minimum absolute atomic E-state index is 0.569. The Bertz CT molecular complexity index is 247. The van der Waals surface area contributed by atoms with Crippen LogP contribution >= 0.6 is 0 Å². The first-order valence-corrected chi connectivity index (χ1v) is 8.00. The van der Waals surface area contributed by atoms with Crippen molar-refractivity contribution in [2.45, 2.75) is 57.1 Å². The van der Waals surface area contributed by atoms with Crippen molar-refractivity contribution in [1.29, 1.82) is 0 Å². The number of piperidine rings is 1. The van der Waals surface area contributed by atoms with Gasteiger partial charge in [-0.15, -0.1) is 0 Å². The average molecular weight is 252 g/mol. The second kappa shape index (κ2) is 6.36. The predicted octanol–water partition coefficient (Wildman–Crippen LogP) is 2.02. The number of ether oxygens (including phenoxy) is 1. The van der Waals surface area contributed by atoms with Crippen molar-refractivity contribution >= 4 is 0 Å². The number of hydrogen-bond acceptors (Lipinski definition) is 3. The monoisotopic (exact) mass is 252 g/mol. The van der Waals surface area contributed by atoms with Crippen LogP contribution in [-0.4, -0.2) is 49.8 Å². The first-order chi connectivity index (χ1) is 8.93. The summed E-state index contributed by atoms with van der Waals surface area (Å²) in [5.74, 6) is 0.957. The third-order valence-corrected chi connectivity index (χ3v) is 5.10. The Labute approximate surface area is 111 Å². The molecule has 2 unspecified atom stereocenters. The fourth-order valence-corrected chi connectivity index (χ4v) is 4.07. The van der Waals surface area contributed by atoms with Crippen molar-refractivity contribution < 1.29 is 4.74 Å². The maximum absolute atomic E-state index is 5.76. The highest BCUT2D eigenvalue weighted by atomic mass is 16.5. The molecular weight excluding hydrogens is 224 g/mol. The number of likely N-dealkylation sites (tertiary alicyclic amines) is 1. The van der Waals surface area contributed by atoms with E-state index >= 15 is 0 Å². The van der Waals surface area contributed by atoms with Crippen molar-refractivity contribution in [3.8, 4) is 0 Å². The molecule has 0 aliphatic carbocycles. The summed E-state index contributed by atoms with van der Waals surface area (Å²) < 4.78 is 5.76. The molecule has 3 heteroatoms. The molecule has 0 bridgehead atoms. The highest BCUT2D eigenvalue weighted by Crippen LogP contribution is 2.30. The maximum Gasteiger partial charge on any atom is 0.0588 e. The molecular formula is C15H28N2O. The zero-order chi connectivity index (χ0) is 12.2. The van der Waals surface area contributed by atoms with Crippen LogP contribution in [0.25, 0.3) is 0 Å². The van der Waals surface area contributed by atoms with E-state index in [9.17, 15) is 0 Å². The van der Waals surface area contributed by atoms with Gasteiger partial charge in [0.05, 0.1) is 6.10 Å². The standard InChI is InChI=1S/C15H28N2O/c1-4-15(13-5-8-16-9-6-13)17(10-1)11-7-14-3-2-12-18-14/h13-16H,1-12H2. The van der Waals surface area contributed by atoms with Gasteiger partial charge in [-0.25, -0.2) is 0 Å². The lowest BCUT2D eigenvalue weighted by molar-refractivity contribution is 0.0821. The molecule has 104 valence electrons. The highest BCUT2D eigenvalue weighted by Gasteiger charge is 2.32. The van der Waals surface area contributed by atoms with Crippen molar-refractivity contribution in [2.75, 3.05) is 32.8 Å². The zero-order valence-electron chi connectivity index (χ0n) is 11.6. The van der Waals surface area contributed by atoms with E-state index < -0.39 is 0 Å². The quantitative estimate of drug-likeness (QED) is 0.828. The predicted molar refractivity (Wildman–Crippen MR) is 73.8 cm³/mol. The zero-order valence-corrected chi connectivity index (χ0v) is 11.6. The molecule has 0 aromatic carbocycles.